The van der Waals surface area contributed by atoms with Crippen LogP contribution in [0.15, 0.2) is 48.7 Å². The molecule has 0 fully saturated rings. The van der Waals surface area contributed by atoms with Gasteiger partial charge in [-0.2, -0.15) is 0 Å². The topological polar surface area (TPSA) is 88.1 Å². The minimum absolute atomic E-state index is 0.0184. The first-order chi connectivity index (χ1) is 13.1. The molecule has 1 heterocycles. The summed E-state index contributed by atoms with van der Waals surface area (Å²) in [6, 6.07) is 10.8. The number of hydrogen-bond donors (Lipinski definition) is 0. The molecular weight excluding hydrogens is 350 g/mol. The Kier molecular flexibility index (Phi) is 5.44. The summed E-state index contributed by atoms with van der Waals surface area (Å²) in [6.07, 6.45) is 1.58. The van der Waals surface area contributed by atoms with Crippen LogP contribution in [0.4, 0.5) is 11.4 Å². The minimum Gasteiger partial charge on any atom is -0.502 e. The molecular formula is C19H15N3O5. The molecule has 0 atom stereocenters. The number of nitrogens with zero attached hydrogens (tertiary/aromatic N) is 3. The predicted octanol–water partition coefficient (Wildman–Crippen LogP) is 4.51. The molecule has 0 aliphatic rings. The number of fused-ring (bicyclic) bond motifs is 1. The van der Waals surface area contributed by atoms with Crippen LogP contribution in [0.25, 0.3) is 15.7 Å². The number of ether oxygens (including phenoxy) is 3. The Labute approximate surface area is 154 Å². The van der Waals surface area contributed by atoms with Crippen LogP contribution in [-0.2, 0) is 4.74 Å². The Hall–Kier alpha value is -3.70. The maximum atomic E-state index is 10.8. The average molecular weight is 365 g/mol. The normalized spacial score (nSPS) is 10.4. The molecule has 0 aliphatic heterocycles. The van der Waals surface area contributed by atoms with E-state index in [2.05, 4.69) is 9.83 Å². The summed E-state index contributed by atoms with van der Waals surface area (Å²) >= 11 is 0. The van der Waals surface area contributed by atoms with Crippen molar-refractivity contribution in [1.82, 2.24) is 4.98 Å². The minimum atomic E-state index is -0.473. The van der Waals surface area contributed by atoms with Gasteiger partial charge in [-0.05, 0) is 30.3 Å². The zero-order valence-electron chi connectivity index (χ0n) is 14.4. The van der Waals surface area contributed by atoms with Gasteiger partial charge >= 0.3 is 0 Å². The monoisotopic (exact) mass is 365 g/mol. The van der Waals surface area contributed by atoms with Crippen LogP contribution in [0.2, 0.25) is 0 Å². The van der Waals surface area contributed by atoms with Crippen molar-refractivity contribution < 1.29 is 19.1 Å². The number of aromatic nitrogens is 1. The van der Waals surface area contributed by atoms with Gasteiger partial charge in [-0.3, -0.25) is 15.1 Å². The van der Waals surface area contributed by atoms with Crippen molar-refractivity contribution in [2.45, 2.75) is 0 Å². The van der Waals surface area contributed by atoms with E-state index in [1.807, 2.05) is 0 Å². The molecule has 1 aromatic heterocycles. The van der Waals surface area contributed by atoms with E-state index in [-0.39, 0.29) is 5.69 Å². The number of nitro groups is 1. The zero-order valence-corrected chi connectivity index (χ0v) is 14.4. The molecule has 0 saturated carbocycles. The third kappa shape index (κ3) is 4.11. The molecule has 0 aliphatic carbocycles. The van der Waals surface area contributed by atoms with Gasteiger partial charge in [0, 0.05) is 30.8 Å². The molecule has 3 rings (SSSR count). The third-order valence-electron chi connectivity index (χ3n) is 3.72. The summed E-state index contributed by atoms with van der Waals surface area (Å²) in [4.78, 5) is 18.1. The predicted molar refractivity (Wildman–Crippen MR) is 98.5 cm³/mol. The maximum Gasteiger partial charge on any atom is 0.269 e. The fourth-order valence-electron chi connectivity index (χ4n) is 2.43. The summed E-state index contributed by atoms with van der Waals surface area (Å²) in [5, 5.41) is 11.4. The summed E-state index contributed by atoms with van der Waals surface area (Å²) in [5.41, 5.74) is 0.921. The van der Waals surface area contributed by atoms with Crippen molar-refractivity contribution in [1.29, 1.82) is 0 Å². The molecule has 0 N–H and O–H groups in total. The zero-order chi connectivity index (χ0) is 19.2. The molecule has 0 amide bonds. The van der Waals surface area contributed by atoms with Crippen LogP contribution in [0.5, 0.6) is 17.2 Å². The fourth-order valence-corrected chi connectivity index (χ4v) is 2.43. The SMILES string of the molecule is [C-]#[N+]c1cc2c(Oc3ccc([N+](=O)[O-])cc3)ccnc2cc1OCCOC. The molecule has 27 heavy (non-hydrogen) atoms. The highest BCUT2D eigenvalue weighted by Crippen LogP contribution is 2.37. The lowest BCUT2D eigenvalue weighted by atomic mass is 10.1. The number of nitro benzene ring substituents is 1. The van der Waals surface area contributed by atoms with Crippen molar-refractivity contribution in [2.75, 3.05) is 20.3 Å². The molecule has 3 aromatic rings. The van der Waals surface area contributed by atoms with Gasteiger partial charge in [0.15, 0.2) is 0 Å². The van der Waals surface area contributed by atoms with Crippen molar-refractivity contribution in [3.63, 3.8) is 0 Å². The Balaban J connectivity index is 1.94. The lowest BCUT2D eigenvalue weighted by Gasteiger charge is -2.12. The van der Waals surface area contributed by atoms with Crippen molar-refractivity contribution >= 4 is 22.3 Å². The van der Waals surface area contributed by atoms with Crippen molar-refractivity contribution in [3.05, 3.63) is 70.2 Å². The number of methoxy groups -OCH3 is 1. The summed E-state index contributed by atoms with van der Waals surface area (Å²) in [6.45, 7) is 8.12. The van der Waals surface area contributed by atoms with E-state index in [1.54, 1.807) is 31.5 Å². The summed E-state index contributed by atoms with van der Waals surface area (Å²) in [7, 11) is 1.57. The van der Waals surface area contributed by atoms with Gasteiger partial charge in [0.1, 0.15) is 23.9 Å². The molecule has 0 bridgehead atoms. The van der Waals surface area contributed by atoms with Crippen LogP contribution in [0.1, 0.15) is 0 Å². The van der Waals surface area contributed by atoms with Gasteiger partial charge in [0.2, 0.25) is 5.69 Å². The van der Waals surface area contributed by atoms with E-state index in [1.165, 1.54) is 24.3 Å². The molecule has 136 valence electrons. The highest BCUT2D eigenvalue weighted by atomic mass is 16.6. The Morgan fingerprint density at radius 3 is 2.59 bits per heavy atom. The highest BCUT2D eigenvalue weighted by molar-refractivity contribution is 5.91. The largest absolute Gasteiger partial charge is 0.502 e. The first kappa shape index (κ1) is 18.1. The molecule has 8 nitrogen and oxygen atoms in total. The van der Waals surface area contributed by atoms with E-state index in [9.17, 15) is 10.1 Å². The maximum absolute atomic E-state index is 10.8. The van der Waals surface area contributed by atoms with Crippen molar-refractivity contribution in [2.24, 2.45) is 0 Å². The Morgan fingerprint density at radius 2 is 1.93 bits per heavy atom. The van der Waals surface area contributed by atoms with Crippen LogP contribution in [0, 0.1) is 16.7 Å². The highest BCUT2D eigenvalue weighted by Gasteiger charge is 2.12. The van der Waals surface area contributed by atoms with E-state index < -0.39 is 4.92 Å². The number of pyridine rings is 1. The fraction of sp³-hybridized carbons (Fsp3) is 0.158. The Bertz CT molecular complexity index is 1010. The standard InChI is InChI=1S/C19H15N3O5/c1-20-17-11-15-16(12-19(17)26-10-9-25-2)21-8-7-18(15)27-14-5-3-13(4-6-14)22(23)24/h3-8,11-12H,9-10H2,2H3. The molecule has 0 spiro atoms. The molecule has 0 saturated heterocycles. The van der Waals surface area contributed by atoms with Gasteiger partial charge < -0.3 is 14.2 Å². The lowest BCUT2D eigenvalue weighted by molar-refractivity contribution is -0.384. The van der Waals surface area contributed by atoms with Crippen LogP contribution >= 0.6 is 0 Å². The van der Waals surface area contributed by atoms with Crippen molar-refractivity contribution in [3.8, 4) is 17.2 Å². The van der Waals surface area contributed by atoms with E-state index >= 15 is 0 Å². The van der Waals surface area contributed by atoms with Gasteiger partial charge in [0.05, 0.1) is 23.6 Å². The van der Waals surface area contributed by atoms with E-state index in [0.717, 1.165) is 0 Å². The quantitative estimate of drug-likeness (QED) is 0.265. The molecule has 2 aromatic carbocycles. The van der Waals surface area contributed by atoms with E-state index in [0.29, 0.717) is 47.1 Å². The van der Waals surface area contributed by atoms with Crippen LogP contribution < -0.4 is 9.47 Å². The number of benzene rings is 2. The molecule has 0 unspecified atom stereocenters. The third-order valence-corrected chi connectivity index (χ3v) is 3.72. The second-order valence-corrected chi connectivity index (χ2v) is 5.45. The lowest BCUT2D eigenvalue weighted by Crippen LogP contribution is -2.04. The first-order valence-corrected chi connectivity index (χ1v) is 7.96. The van der Waals surface area contributed by atoms with Gasteiger partial charge in [0.25, 0.3) is 5.69 Å². The van der Waals surface area contributed by atoms with Gasteiger partial charge in [-0.25, -0.2) is 4.85 Å². The number of rotatable bonds is 7. The van der Waals surface area contributed by atoms with Crippen LogP contribution in [0.3, 0.4) is 0 Å². The second-order valence-electron chi connectivity index (χ2n) is 5.45. The molecule has 8 heteroatoms. The first-order valence-electron chi connectivity index (χ1n) is 7.96. The summed E-state index contributed by atoms with van der Waals surface area (Å²) in [5.74, 6) is 1.36. The van der Waals surface area contributed by atoms with Crippen LogP contribution in [-0.4, -0.2) is 30.2 Å². The van der Waals surface area contributed by atoms with Gasteiger partial charge in [-0.1, -0.05) is 0 Å². The smallest absolute Gasteiger partial charge is 0.269 e. The summed E-state index contributed by atoms with van der Waals surface area (Å²) < 4.78 is 16.4. The Morgan fingerprint density at radius 1 is 1.15 bits per heavy atom. The number of hydrogen-bond acceptors (Lipinski definition) is 6. The molecule has 0 radical (unpaired) electrons. The second kappa shape index (κ2) is 8.12. The number of non-ortho nitro benzene ring substituents is 1. The van der Waals surface area contributed by atoms with E-state index in [4.69, 9.17) is 20.8 Å². The van der Waals surface area contributed by atoms with Gasteiger partial charge in [-0.15, -0.1) is 0 Å². The average Bonchev–Trinajstić information content (AvgIpc) is 2.68.